The van der Waals surface area contributed by atoms with E-state index in [1.165, 1.54) is 30.9 Å². The summed E-state index contributed by atoms with van der Waals surface area (Å²) >= 11 is 6.70. The number of piperidine rings is 1. The number of rotatable bonds is 6. The van der Waals surface area contributed by atoms with Gasteiger partial charge in [-0.15, -0.1) is 12.6 Å². The van der Waals surface area contributed by atoms with Crippen molar-refractivity contribution in [1.29, 1.82) is 0 Å². The molecule has 1 radical (unpaired) electrons. The van der Waals surface area contributed by atoms with E-state index in [1.54, 1.807) is 30.3 Å². The monoisotopic (exact) mass is 762 g/mol. The molecular weight excluding hydrogens is 738 g/mol. The molecule has 0 aromatic heterocycles. The van der Waals surface area contributed by atoms with Gasteiger partial charge in [0.15, 0.2) is 5.78 Å². The van der Waals surface area contributed by atoms with Crippen LogP contribution in [0.2, 0.25) is 0 Å². The Balaban J connectivity index is 0.000000266. The maximum absolute atomic E-state index is 11.9. The molecule has 1 aliphatic heterocycles. The van der Waals surface area contributed by atoms with Crippen LogP contribution in [0, 0.1) is 6.07 Å². The minimum absolute atomic E-state index is 0. The fraction of sp³-hybridized carbons (Fsp3) is 0.222. The van der Waals surface area contributed by atoms with Crippen LogP contribution in [0.1, 0.15) is 41.2 Å². The quantitative estimate of drug-likeness (QED) is 0.120. The molecule has 1 N–H and O–H groups in total. The van der Waals surface area contributed by atoms with Crippen molar-refractivity contribution in [2.24, 2.45) is 0 Å². The molecule has 7 heteroatoms. The van der Waals surface area contributed by atoms with Gasteiger partial charge in [-0.05, 0) is 34.1 Å². The van der Waals surface area contributed by atoms with Gasteiger partial charge in [-0.1, -0.05) is 65.5 Å². The van der Waals surface area contributed by atoms with Gasteiger partial charge in [0, 0.05) is 36.2 Å². The van der Waals surface area contributed by atoms with Crippen molar-refractivity contribution in [3.8, 4) is 5.75 Å². The fourth-order valence-corrected chi connectivity index (χ4v) is 3.98. The molecule has 1 unspecified atom stereocenters. The van der Waals surface area contributed by atoms with Crippen LogP contribution in [0.4, 0.5) is 0 Å². The topological polar surface area (TPSA) is 60.6 Å². The summed E-state index contributed by atoms with van der Waals surface area (Å²) in [6, 6.07) is 26.1. The summed E-state index contributed by atoms with van der Waals surface area (Å²) < 4.78 is 7.11. The van der Waals surface area contributed by atoms with E-state index >= 15 is 0 Å². The number of nitrogens with zero attached hydrogens (tertiary/aromatic N) is 1. The van der Waals surface area contributed by atoms with Crippen LogP contribution >= 0.6 is 31.9 Å². The SMILES string of the molecule is O=C(/C=C(\O)COc1cc(Br)ccc1Br)c1ccccc1.[Ir].[c-]1ccccc1C1CCCC[N-]1. The van der Waals surface area contributed by atoms with Gasteiger partial charge in [-0.2, -0.15) is 35.9 Å². The molecule has 1 aliphatic rings. The second kappa shape index (κ2) is 15.3. The van der Waals surface area contributed by atoms with Crippen molar-refractivity contribution in [2.75, 3.05) is 13.2 Å². The maximum Gasteiger partial charge on any atom is 0.189 e. The Morgan fingerprint density at radius 3 is 2.53 bits per heavy atom. The van der Waals surface area contributed by atoms with Gasteiger partial charge in [0.25, 0.3) is 0 Å². The van der Waals surface area contributed by atoms with Gasteiger partial charge in [0.2, 0.25) is 0 Å². The molecule has 0 bridgehead atoms. The zero-order valence-electron chi connectivity index (χ0n) is 18.4. The number of aliphatic hydroxyl groups is 1. The molecule has 0 saturated carbocycles. The molecule has 1 fully saturated rings. The van der Waals surface area contributed by atoms with E-state index in [0.29, 0.717) is 17.4 Å². The molecule has 3 aromatic carbocycles. The number of carbonyl (C=O) groups excluding carboxylic acids is 1. The largest absolute Gasteiger partial charge is 0.657 e. The summed E-state index contributed by atoms with van der Waals surface area (Å²) in [7, 11) is 0. The first-order chi connectivity index (χ1) is 16.0. The van der Waals surface area contributed by atoms with E-state index in [4.69, 9.17) is 4.74 Å². The molecule has 1 saturated heterocycles. The Bertz CT molecular complexity index is 1060. The number of aliphatic hydroxyl groups excluding tert-OH is 1. The summed E-state index contributed by atoms with van der Waals surface area (Å²) in [5.74, 6) is 0.192. The molecule has 4 rings (SSSR count). The smallest absolute Gasteiger partial charge is 0.189 e. The van der Waals surface area contributed by atoms with Crippen molar-refractivity contribution < 1.29 is 34.7 Å². The van der Waals surface area contributed by atoms with E-state index in [0.717, 1.165) is 15.5 Å². The predicted molar refractivity (Wildman–Crippen MR) is 139 cm³/mol. The standard InChI is InChI=1S/C16H12Br2O3.C11H13N.Ir/c17-12-6-7-14(18)16(8-12)21-10-13(19)9-15(20)11-4-2-1-3-5-11;1-2-6-10(7-3-1)11-8-4-5-9-12-11;/h1-9,19H,10H2;1-3,6,11H,4-5,8-9H2;/q;-2;/b13-9-;;. The van der Waals surface area contributed by atoms with Crippen LogP contribution in [-0.2, 0) is 20.1 Å². The Hall–Kier alpha value is -1.76. The minimum Gasteiger partial charge on any atom is -0.657 e. The zero-order valence-corrected chi connectivity index (χ0v) is 24.0. The van der Waals surface area contributed by atoms with E-state index in [-0.39, 0.29) is 38.3 Å². The molecular formula is C27H25Br2IrNO3-2. The van der Waals surface area contributed by atoms with Crippen LogP contribution in [0.3, 0.4) is 0 Å². The summed E-state index contributed by atoms with van der Waals surface area (Å²) in [4.78, 5) is 11.9. The van der Waals surface area contributed by atoms with Gasteiger partial charge in [0.05, 0.1) is 4.47 Å². The van der Waals surface area contributed by atoms with Crippen LogP contribution < -0.4 is 4.74 Å². The number of carbonyl (C=O) groups is 1. The third-order valence-corrected chi connectivity index (χ3v) is 6.10. The van der Waals surface area contributed by atoms with Crippen LogP contribution in [0.15, 0.2) is 93.6 Å². The molecule has 34 heavy (non-hydrogen) atoms. The second-order valence-electron chi connectivity index (χ2n) is 7.47. The fourth-order valence-electron chi connectivity index (χ4n) is 3.27. The number of halogens is 2. The van der Waals surface area contributed by atoms with Crippen LogP contribution in [0.25, 0.3) is 5.32 Å². The molecule has 3 aromatic rings. The third kappa shape index (κ3) is 9.47. The van der Waals surface area contributed by atoms with Crippen molar-refractivity contribution in [1.82, 2.24) is 0 Å². The number of ketones is 1. The van der Waals surface area contributed by atoms with Crippen molar-refractivity contribution in [3.05, 3.63) is 116 Å². The summed E-state index contributed by atoms with van der Waals surface area (Å²) in [5.41, 5.74) is 1.78. The molecule has 0 aliphatic carbocycles. The molecule has 0 spiro atoms. The predicted octanol–water partition coefficient (Wildman–Crippen LogP) is 8.00. The van der Waals surface area contributed by atoms with E-state index in [2.05, 4.69) is 55.4 Å². The third-order valence-electron chi connectivity index (χ3n) is 4.95. The Kier molecular flexibility index (Phi) is 12.8. The van der Waals surface area contributed by atoms with Crippen molar-refractivity contribution >= 4 is 37.6 Å². The molecule has 181 valence electrons. The van der Waals surface area contributed by atoms with Crippen LogP contribution in [-0.4, -0.2) is 24.0 Å². The van der Waals surface area contributed by atoms with Gasteiger partial charge in [-0.3, -0.25) is 4.79 Å². The van der Waals surface area contributed by atoms with Crippen LogP contribution in [0.5, 0.6) is 5.75 Å². The first-order valence-corrected chi connectivity index (χ1v) is 12.3. The number of hydrogen-bond donors (Lipinski definition) is 1. The first-order valence-electron chi connectivity index (χ1n) is 10.7. The summed E-state index contributed by atoms with van der Waals surface area (Å²) in [6.45, 7) is 0.959. The van der Waals surface area contributed by atoms with Gasteiger partial charge < -0.3 is 15.2 Å². The van der Waals surface area contributed by atoms with Gasteiger partial charge in [0.1, 0.15) is 18.1 Å². The van der Waals surface area contributed by atoms with Gasteiger partial charge in [-0.25, -0.2) is 0 Å². The van der Waals surface area contributed by atoms with Crippen molar-refractivity contribution in [3.63, 3.8) is 0 Å². The summed E-state index contributed by atoms with van der Waals surface area (Å²) in [5, 5.41) is 14.4. The zero-order chi connectivity index (χ0) is 23.5. The Morgan fingerprint density at radius 1 is 1.09 bits per heavy atom. The molecule has 1 heterocycles. The number of benzene rings is 3. The van der Waals surface area contributed by atoms with E-state index < -0.39 is 0 Å². The Morgan fingerprint density at radius 2 is 1.85 bits per heavy atom. The molecule has 0 amide bonds. The maximum atomic E-state index is 11.9. The number of ether oxygens (including phenoxy) is 1. The molecule has 1 atom stereocenters. The van der Waals surface area contributed by atoms with E-state index in [1.807, 2.05) is 30.3 Å². The van der Waals surface area contributed by atoms with Crippen molar-refractivity contribution in [2.45, 2.75) is 25.3 Å². The summed E-state index contributed by atoms with van der Waals surface area (Å²) in [6.07, 6.45) is 4.96. The normalized spacial score (nSPS) is 15.4. The first kappa shape index (κ1) is 28.5. The van der Waals surface area contributed by atoms with Gasteiger partial charge >= 0.3 is 0 Å². The minimum atomic E-state index is -0.259. The second-order valence-corrected chi connectivity index (χ2v) is 9.24. The number of hydrogen-bond acceptors (Lipinski definition) is 3. The number of allylic oxidation sites excluding steroid dienone is 1. The van der Waals surface area contributed by atoms with E-state index in [9.17, 15) is 9.90 Å². The molecule has 4 nitrogen and oxygen atoms in total. The Labute approximate surface area is 231 Å². The average Bonchev–Trinajstić information content (AvgIpc) is 2.86. The average molecular weight is 764 g/mol.